The van der Waals surface area contributed by atoms with E-state index in [0.29, 0.717) is 6.42 Å². The van der Waals surface area contributed by atoms with E-state index in [1.165, 1.54) is 38.5 Å². The van der Waals surface area contributed by atoms with Gasteiger partial charge in [0.25, 0.3) is 0 Å². The summed E-state index contributed by atoms with van der Waals surface area (Å²) < 4.78 is 32.3. The molecule has 0 saturated heterocycles. The quantitative estimate of drug-likeness (QED) is 0.267. The molecule has 0 amide bonds. The van der Waals surface area contributed by atoms with Crippen LogP contribution in [0.2, 0.25) is 0 Å². The van der Waals surface area contributed by atoms with Crippen LogP contribution in [0.1, 0.15) is 77.6 Å². The molecule has 0 aromatic heterocycles. The molecule has 126 valence electrons. The molecular formula is C15H29NaO5S. The summed E-state index contributed by atoms with van der Waals surface area (Å²) in [5.74, 6) is -0.253. The molecule has 7 heteroatoms. The number of carbonyl (C=O) groups is 1. The first kappa shape index (κ1) is 24.8. The predicted molar refractivity (Wildman–Crippen MR) is 82.0 cm³/mol. The Morgan fingerprint density at radius 1 is 1.00 bits per heavy atom. The number of rotatable bonds is 14. The minimum absolute atomic E-state index is 0. The van der Waals surface area contributed by atoms with Gasteiger partial charge in [0.05, 0.1) is 11.9 Å². The molecule has 22 heavy (non-hydrogen) atoms. The average Bonchev–Trinajstić information content (AvgIpc) is 2.41. The number of carbonyl (C=O) groups excluding carboxylic acids is 1. The number of aliphatic hydroxyl groups excluding tert-OH is 1. The molecule has 0 fully saturated rings. The molecule has 1 N–H and O–H groups in total. The van der Waals surface area contributed by atoms with Crippen LogP contribution >= 0.6 is 0 Å². The van der Waals surface area contributed by atoms with Crippen molar-refractivity contribution in [2.24, 2.45) is 0 Å². The van der Waals surface area contributed by atoms with E-state index in [1.54, 1.807) is 0 Å². The van der Waals surface area contributed by atoms with Gasteiger partial charge in [-0.25, -0.2) is 8.42 Å². The number of hydrogen-bond acceptors (Lipinski definition) is 5. The minimum atomic E-state index is -4.58. The Labute approximate surface area is 157 Å². The van der Waals surface area contributed by atoms with Gasteiger partial charge in [0, 0.05) is 12.8 Å². The van der Waals surface area contributed by atoms with Crippen molar-refractivity contribution in [3.8, 4) is 0 Å². The molecule has 1 unspecified atom stereocenters. The molecular weight excluding hydrogens is 315 g/mol. The molecule has 0 spiro atoms. The first-order valence-electron chi connectivity index (χ1n) is 7.99. The number of hydrogen-bond donors (Lipinski definition) is 1. The van der Waals surface area contributed by atoms with Crippen molar-refractivity contribution in [2.45, 2.75) is 82.8 Å². The Hall–Kier alpha value is 0.540. The molecule has 0 heterocycles. The molecule has 0 aromatic rings. The third kappa shape index (κ3) is 14.2. The average molecular weight is 344 g/mol. The van der Waals surface area contributed by atoms with Gasteiger partial charge >= 0.3 is 29.6 Å². The van der Waals surface area contributed by atoms with Gasteiger partial charge in [0.1, 0.15) is 15.9 Å². The van der Waals surface area contributed by atoms with E-state index in [0.717, 1.165) is 19.3 Å². The van der Waals surface area contributed by atoms with Crippen molar-refractivity contribution in [3.63, 3.8) is 0 Å². The minimum Gasteiger partial charge on any atom is -0.748 e. The first-order valence-corrected chi connectivity index (χ1v) is 9.46. The third-order valence-corrected chi connectivity index (χ3v) is 4.76. The molecule has 0 saturated carbocycles. The summed E-state index contributed by atoms with van der Waals surface area (Å²) in [5.41, 5.74) is 0. The number of aliphatic hydroxyl groups is 1. The van der Waals surface area contributed by atoms with Crippen LogP contribution in [0.3, 0.4) is 0 Å². The maximum Gasteiger partial charge on any atom is 1.00 e. The van der Waals surface area contributed by atoms with Gasteiger partial charge in [-0.05, 0) is 6.42 Å². The standard InChI is InChI=1S/C15H30O5S.Na/c1-2-3-4-5-6-7-8-9-10-11-14(17)12-15(13-16)21(18,19)20;/h15-16H,2-13H2,1H3,(H,18,19,20);/q;+1/p-1. The van der Waals surface area contributed by atoms with E-state index in [1.807, 2.05) is 0 Å². The van der Waals surface area contributed by atoms with Gasteiger partial charge < -0.3 is 9.66 Å². The fourth-order valence-electron chi connectivity index (χ4n) is 2.25. The van der Waals surface area contributed by atoms with E-state index in [2.05, 4.69) is 6.92 Å². The molecule has 0 aromatic carbocycles. The van der Waals surface area contributed by atoms with Crippen molar-refractivity contribution >= 4 is 15.9 Å². The molecule has 0 radical (unpaired) electrons. The molecule has 5 nitrogen and oxygen atoms in total. The fraction of sp³-hybridized carbons (Fsp3) is 0.933. The molecule has 1 atom stereocenters. The Morgan fingerprint density at radius 3 is 1.86 bits per heavy atom. The maximum absolute atomic E-state index is 11.6. The monoisotopic (exact) mass is 344 g/mol. The molecule has 0 aliphatic carbocycles. The van der Waals surface area contributed by atoms with Crippen molar-refractivity contribution in [1.82, 2.24) is 0 Å². The first-order chi connectivity index (χ1) is 9.91. The van der Waals surface area contributed by atoms with Crippen LogP contribution in [0.4, 0.5) is 0 Å². The topological polar surface area (TPSA) is 94.5 Å². The van der Waals surface area contributed by atoms with E-state index < -0.39 is 22.0 Å². The Balaban J connectivity index is 0. The SMILES string of the molecule is CCCCCCCCCCCC(=O)CC(CO)S(=O)(=O)[O-].[Na+]. The third-order valence-electron chi connectivity index (χ3n) is 3.63. The maximum atomic E-state index is 11.6. The van der Waals surface area contributed by atoms with Gasteiger partial charge in [0.15, 0.2) is 0 Å². The smallest absolute Gasteiger partial charge is 0.748 e. The normalized spacial score (nSPS) is 12.7. The Kier molecular flexibility index (Phi) is 17.0. The van der Waals surface area contributed by atoms with E-state index in [9.17, 15) is 17.8 Å². The zero-order valence-corrected chi connectivity index (χ0v) is 16.9. The number of unbranched alkanes of at least 4 members (excludes halogenated alkanes) is 8. The van der Waals surface area contributed by atoms with Crippen LogP contribution in [-0.4, -0.2) is 35.7 Å². The fourth-order valence-corrected chi connectivity index (χ4v) is 2.82. The second-order valence-electron chi connectivity index (χ2n) is 5.62. The summed E-state index contributed by atoms with van der Waals surface area (Å²) in [6.07, 6.45) is 10.2. The summed E-state index contributed by atoms with van der Waals surface area (Å²) in [4.78, 5) is 11.6. The van der Waals surface area contributed by atoms with E-state index >= 15 is 0 Å². The van der Waals surface area contributed by atoms with Crippen LogP contribution < -0.4 is 29.6 Å². The van der Waals surface area contributed by atoms with Crippen LogP contribution in [0, 0.1) is 0 Å². The van der Waals surface area contributed by atoms with Gasteiger partial charge in [-0.3, -0.25) is 4.79 Å². The molecule has 0 bridgehead atoms. The summed E-state index contributed by atoms with van der Waals surface area (Å²) in [6, 6.07) is 0. The van der Waals surface area contributed by atoms with Crippen molar-refractivity contribution in [1.29, 1.82) is 0 Å². The van der Waals surface area contributed by atoms with Crippen molar-refractivity contribution in [2.75, 3.05) is 6.61 Å². The second kappa shape index (κ2) is 15.1. The van der Waals surface area contributed by atoms with E-state index in [4.69, 9.17) is 5.11 Å². The molecule has 0 rings (SSSR count). The number of ketones is 1. The van der Waals surface area contributed by atoms with Crippen LogP contribution in [0.25, 0.3) is 0 Å². The summed E-state index contributed by atoms with van der Waals surface area (Å²) >= 11 is 0. The second-order valence-corrected chi connectivity index (χ2v) is 7.27. The zero-order valence-electron chi connectivity index (χ0n) is 14.1. The van der Waals surface area contributed by atoms with Crippen LogP contribution in [0.5, 0.6) is 0 Å². The van der Waals surface area contributed by atoms with Gasteiger partial charge in [0.2, 0.25) is 0 Å². The summed E-state index contributed by atoms with van der Waals surface area (Å²) in [5, 5.41) is 7.33. The van der Waals surface area contributed by atoms with Crippen molar-refractivity contribution in [3.05, 3.63) is 0 Å². The largest absolute Gasteiger partial charge is 1.00 e. The summed E-state index contributed by atoms with van der Waals surface area (Å²) in [6.45, 7) is 1.41. The van der Waals surface area contributed by atoms with Crippen LogP contribution in [0.15, 0.2) is 0 Å². The summed E-state index contributed by atoms with van der Waals surface area (Å²) in [7, 11) is -4.58. The Bertz CT molecular complexity index is 370. The number of Topliss-reactive ketones (excluding diaryl/α,β-unsaturated/α-hetero) is 1. The van der Waals surface area contributed by atoms with Gasteiger partial charge in [-0.2, -0.15) is 0 Å². The molecule has 0 aliphatic heterocycles. The van der Waals surface area contributed by atoms with Crippen LogP contribution in [-0.2, 0) is 14.9 Å². The van der Waals surface area contributed by atoms with Crippen molar-refractivity contribution < 1.29 is 52.4 Å². The van der Waals surface area contributed by atoms with Gasteiger partial charge in [-0.15, -0.1) is 0 Å². The van der Waals surface area contributed by atoms with Gasteiger partial charge in [-0.1, -0.05) is 58.3 Å². The predicted octanol–water partition coefficient (Wildman–Crippen LogP) is -0.223. The van der Waals surface area contributed by atoms with E-state index in [-0.39, 0.29) is 41.8 Å². The Morgan fingerprint density at radius 2 is 1.45 bits per heavy atom. The molecule has 0 aliphatic rings. The zero-order chi connectivity index (χ0) is 16.1.